The van der Waals surface area contributed by atoms with Crippen molar-refractivity contribution in [2.24, 2.45) is 0 Å². The van der Waals surface area contributed by atoms with Gasteiger partial charge in [0, 0.05) is 24.2 Å². The average molecular weight is 328 g/mol. The third-order valence-electron chi connectivity index (χ3n) is 2.51. The van der Waals surface area contributed by atoms with Crippen LogP contribution in [-0.4, -0.2) is 18.2 Å². The van der Waals surface area contributed by atoms with Crippen LogP contribution in [0, 0.1) is 11.8 Å². The van der Waals surface area contributed by atoms with Crippen LogP contribution in [0.1, 0.15) is 38.3 Å². The zero-order valence-electron chi connectivity index (χ0n) is 13.2. The Bertz CT molecular complexity index is 623. The molecule has 1 aromatic rings. The van der Waals surface area contributed by atoms with Crippen molar-refractivity contribution < 1.29 is 22.7 Å². The van der Waals surface area contributed by atoms with Crippen molar-refractivity contribution in [1.82, 2.24) is 5.32 Å². The highest BCUT2D eigenvalue weighted by molar-refractivity contribution is 5.67. The Morgan fingerprint density at radius 1 is 1.30 bits per heavy atom. The van der Waals surface area contributed by atoms with Crippen LogP contribution in [0.25, 0.3) is 0 Å². The second-order valence-electron chi connectivity index (χ2n) is 5.78. The second-order valence-corrected chi connectivity index (χ2v) is 5.78. The minimum absolute atomic E-state index is 0.276. The summed E-state index contributed by atoms with van der Waals surface area (Å²) in [4.78, 5) is 11.4. The van der Waals surface area contributed by atoms with Crippen molar-refractivity contribution in [3.8, 4) is 11.8 Å². The third kappa shape index (κ3) is 6.96. The summed E-state index contributed by atoms with van der Waals surface area (Å²) in [6.07, 6.45) is -4.69. The van der Waals surface area contributed by atoms with Gasteiger partial charge in [-0.2, -0.15) is 13.2 Å². The summed E-state index contributed by atoms with van der Waals surface area (Å²) in [6, 6.07) is 3.34. The van der Waals surface area contributed by atoms with E-state index in [0.717, 1.165) is 6.07 Å². The summed E-state index contributed by atoms with van der Waals surface area (Å²) >= 11 is 0. The molecule has 0 saturated carbocycles. The number of carbonyl (C=O) groups is 1. The van der Waals surface area contributed by atoms with Gasteiger partial charge in [0.1, 0.15) is 5.60 Å². The Balaban J connectivity index is 2.52. The van der Waals surface area contributed by atoms with E-state index >= 15 is 0 Å². The van der Waals surface area contributed by atoms with Crippen LogP contribution in [0.4, 0.5) is 23.7 Å². The highest BCUT2D eigenvalue weighted by Gasteiger charge is 2.32. The maximum Gasteiger partial charge on any atom is 0.418 e. The number of hydrogen-bond donors (Lipinski definition) is 2. The Kier molecular flexibility index (Phi) is 5.91. The molecule has 126 valence electrons. The molecule has 23 heavy (non-hydrogen) atoms. The Morgan fingerprint density at radius 3 is 2.48 bits per heavy atom. The number of nitrogens with two attached hydrogens (primary N) is 1. The molecule has 4 nitrogen and oxygen atoms in total. The fraction of sp³-hybridized carbons (Fsp3) is 0.438. The van der Waals surface area contributed by atoms with Gasteiger partial charge in [-0.15, -0.1) is 0 Å². The number of ether oxygens (including phenoxy) is 1. The van der Waals surface area contributed by atoms with Gasteiger partial charge in [0.25, 0.3) is 0 Å². The van der Waals surface area contributed by atoms with Crippen molar-refractivity contribution >= 4 is 11.8 Å². The monoisotopic (exact) mass is 328 g/mol. The first-order valence-corrected chi connectivity index (χ1v) is 6.91. The third-order valence-corrected chi connectivity index (χ3v) is 2.51. The normalized spacial score (nSPS) is 11.4. The van der Waals surface area contributed by atoms with Crippen LogP contribution in [-0.2, 0) is 10.9 Å². The summed E-state index contributed by atoms with van der Waals surface area (Å²) in [7, 11) is 0. The van der Waals surface area contributed by atoms with E-state index in [1.54, 1.807) is 20.8 Å². The maximum atomic E-state index is 12.6. The lowest BCUT2D eigenvalue weighted by molar-refractivity contribution is -0.136. The molecule has 1 amide bonds. The van der Waals surface area contributed by atoms with E-state index in [4.69, 9.17) is 10.5 Å². The van der Waals surface area contributed by atoms with Crippen molar-refractivity contribution in [3.05, 3.63) is 29.3 Å². The van der Waals surface area contributed by atoms with Crippen LogP contribution in [0.5, 0.6) is 0 Å². The summed E-state index contributed by atoms with van der Waals surface area (Å²) in [5.74, 6) is 5.44. The SMILES string of the molecule is CC(C)(C)OC(=O)NCCC#Cc1ccc(C(F)(F)F)c(N)c1. The van der Waals surface area contributed by atoms with Gasteiger partial charge in [0.2, 0.25) is 0 Å². The van der Waals surface area contributed by atoms with Gasteiger partial charge in [-0.3, -0.25) is 0 Å². The molecule has 0 aliphatic carbocycles. The van der Waals surface area contributed by atoms with E-state index in [1.807, 2.05) is 0 Å². The molecule has 0 aliphatic heterocycles. The predicted octanol–water partition coefficient (Wildman–Crippen LogP) is 3.55. The Morgan fingerprint density at radius 2 is 1.96 bits per heavy atom. The van der Waals surface area contributed by atoms with Crippen LogP contribution in [0.3, 0.4) is 0 Å². The summed E-state index contributed by atoms with van der Waals surface area (Å²) in [5, 5.41) is 2.53. The highest BCUT2D eigenvalue weighted by Crippen LogP contribution is 2.33. The molecule has 0 atom stereocenters. The van der Waals surface area contributed by atoms with Crippen LogP contribution in [0.15, 0.2) is 18.2 Å². The van der Waals surface area contributed by atoms with Crippen molar-refractivity contribution in [2.45, 2.75) is 39.0 Å². The summed E-state index contributed by atoms with van der Waals surface area (Å²) in [6.45, 7) is 5.53. The first kappa shape index (κ1) is 18.7. The minimum atomic E-state index is -4.48. The standard InChI is InChI=1S/C16H19F3N2O2/c1-15(2,3)23-14(22)21-9-5-4-6-11-7-8-12(13(20)10-11)16(17,18)19/h7-8,10H,5,9,20H2,1-3H3,(H,21,22). The number of anilines is 1. The van der Waals surface area contributed by atoms with Gasteiger partial charge in [-0.25, -0.2) is 4.79 Å². The maximum absolute atomic E-state index is 12.6. The number of alkyl carbamates (subject to hydrolysis) is 1. The van der Waals surface area contributed by atoms with E-state index in [-0.39, 0.29) is 12.2 Å². The van der Waals surface area contributed by atoms with Crippen LogP contribution >= 0.6 is 0 Å². The molecule has 0 bridgehead atoms. The number of hydrogen-bond acceptors (Lipinski definition) is 3. The Hall–Kier alpha value is -2.36. The second kappa shape index (κ2) is 7.27. The first-order chi connectivity index (χ1) is 10.5. The molecule has 0 radical (unpaired) electrons. The molecule has 0 fully saturated rings. The molecule has 7 heteroatoms. The van der Waals surface area contributed by atoms with E-state index in [1.165, 1.54) is 12.1 Å². The van der Waals surface area contributed by atoms with Gasteiger partial charge >= 0.3 is 12.3 Å². The molecule has 1 aromatic carbocycles. The molecule has 0 unspecified atom stereocenters. The minimum Gasteiger partial charge on any atom is -0.444 e. The zero-order valence-corrected chi connectivity index (χ0v) is 13.2. The van der Waals surface area contributed by atoms with Crippen molar-refractivity contribution in [2.75, 3.05) is 12.3 Å². The lowest BCUT2D eigenvalue weighted by atomic mass is 10.1. The molecule has 0 spiro atoms. The lowest BCUT2D eigenvalue weighted by Gasteiger charge is -2.19. The van der Waals surface area contributed by atoms with Gasteiger partial charge < -0.3 is 15.8 Å². The number of carbonyl (C=O) groups excluding carboxylic acids is 1. The smallest absolute Gasteiger partial charge is 0.418 e. The van der Waals surface area contributed by atoms with Gasteiger partial charge in [0.15, 0.2) is 0 Å². The van der Waals surface area contributed by atoms with Crippen LogP contribution < -0.4 is 11.1 Å². The van der Waals surface area contributed by atoms with E-state index in [9.17, 15) is 18.0 Å². The topological polar surface area (TPSA) is 64.3 Å². The number of amides is 1. The highest BCUT2D eigenvalue weighted by atomic mass is 19.4. The zero-order chi connectivity index (χ0) is 17.7. The van der Waals surface area contributed by atoms with E-state index < -0.39 is 23.4 Å². The van der Waals surface area contributed by atoms with Crippen molar-refractivity contribution in [3.63, 3.8) is 0 Å². The molecule has 0 saturated heterocycles. The largest absolute Gasteiger partial charge is 0.444 e. The number of benzene rings is 1. The molecular weight excluding hydrogens is 309 g/mol. The summed E-state index contributed by atoms with van der Waals surface area (Å²) in [5.41, 5.74) is 3.94. The molecular formula is C16H19F3N2O2. The first-order valence-electron chi connectivity index (χ1n) is 6.91. The van der Waals surface area contributed by atoms with E-state index in [2.05, 4.69) is 17.2 Å². The molecule has 3 N–H and O–H groups in total. The molecule has 0 heterocycles. The molecule has 1 rings (SSSR count). The number of halogens is 3. The molecule has 0 aromatic heterocycles. The van der Waals surface area contributed by atoms with Crippen molar-refractivity contribution in [1.29, 1.82) is 0 Å². The van der Waals surface area contributed by atoms with Gasteiger partial charge in [-0.1, -0.05) is 11.8 Å². The lowest BCUT2D eigenvalue weighted by Crippen LogP contribution is -2.32. The predicted molar refractivity (Wildman–Crippen MR) is 81.6 cm³/mol. The summed E-state index contributed by atoms with van der Waals surface area (Å²) < 4.78 is 42.7. The number of rotatable bonds is 2. The quantitative estimate of drug-likeness (QED) is 0.496. The van der Waals surface area contributed by atoms with Gasteiger partial charge in [0.05, 0.1) is 5.56 Å². The average Bonchev–Trinajstić information content (AvgIpc) is 2.34. The molecule has 0 aliphatic rings. The fourth-order valence-electron chi connectivity index (χ4n) is 1.60. The number of nitrogens with one attached hydrogen (secondary N) is 1. The van der Waals surface area contributed by atoms with E-state index in [0.29, 0.717) is 12.0 Å². The Labute approximate surface area is 133 Å². The number of alkyl halides is 3. The van der Waals surface area contributed by atoms with Crippen LogP contribution in [0.2, 0.25) is 0 Å². The fourth-order valence-corrected chi connectivity index (χ4v) is 1.60. The number of nitrogen functional groups attached to an aromatic ring is 1. The van der Waals surface area contributed by atoms with Gasteiger partial charge in [-0.05, 0) is 39.0 Å².